The van der Waals surface area contributed by atoms with Crippen LogP contribution in [0.1, 0.15) is 15.9 Å². The third-order valence-corrected chi connectivity index (χ3v) is 4.11. The van der Waals surface area contributed by atoms with E-state index < -0.39 is 23.4 Å². The number of nitrogens with zero attached hydrogens (tertiary/aromatic N) is 1. The van der Waals surface area contributed by atoms with Crippen LogP contribution in [-0.2, 0) is 9.53 Å². The zero-order valence-corrected chi connectivity index (χ0v) is 16.0. The number of ether oxygens (including phenoxy) is 2. The molecule has 0 bridgehead atoms. The van der Waals surface area contributed by atoms with Gasteiger partial charge in [-0.25, -0.2) is 4.79 Å². The molecule has 0 heterocycles. The summed E-state index contributed by atoms with van der Waals surface area (Å²) in [6.07, 6.45) is 0. The molecular weight excluding hydrogens is 388 g/mol. The average molecular weight is 406 g/mol. The first-order valence-corrected chi connectivity index (χ1v) is 8.98. The van der Waals surface area contributed by atoms with E-state index in [4.69, 9.17) is 9.47 Å². The van der Waals surface area contributed by atoms with Crippen LogP contribution in [0.5, 0.6) is 11.5 Å². The summed E-state index contributed by atoms with van der Waals surface area (Å²) in [5.74, 6) is -0.375. The molecule has 0 unspecified atom stereocenters. The monoisotopic (exact) mass is 406 g/mol. The van der Waals surface area contributed by atoms with Crippen LogP contribution in [0.3, 0.4) is 0 Å². The Labute approximate surface area is 172 Å². The van der Waals surface area contributed by atoms with Crippen LogP contribution < -0.4 is 10.1 Å². The number of hydrogen-bond acceptors (Lipinski definition) is 6. The van der Waals surface area contributed by atoms with E-state index in [-0.39, 0.29) is 11.3 Å². The van der Waals surface area contributed by atoms with Gasteiger partial charge >= 0.3 is 5.97 Å². The van der Waals surface area contributed by atoms with Crippen molar-refractivity contribution >= 4 is 23.3 Å². The van der Waals surface area contributed by atoms with Crippen LogP contribution in [0, 0.1) is 17.0 Å². The zero-order chi connectivity index (χ0) is 21.5. The number of benzene rings is 3. The minimum Gasteiger partial charge on any atom is -0.455 e. The second kappa shape index (κ2) is 9.33. The lowest BCUT2D eigenvalue weighted by Crippen LogP contribution is -2.21. The quantitative estimate of drug-likeness (QED) is 0.352. The Morgan fingerprint density at radius 2 is 1.70 bits per heavy atom. The molecule has 0 saturated carbocycles. The molecule has 1 N–H and O–H groups in total. The van der Waals surface area contributed by atoms with Crippen molar-refractivity contribution in [3.63, 3.8) is 0 Å². The Balaban J connectivity index is 1.62. The molecule has 0 aromatic heterocycles. The van der Waals surface area contributed by atoms with E-state index in [0.717, 1.165) is 6.07 Å². The molecule has 152 valence electrons. The number of carbonyl (C=O) groups excluding carboxylic acids is 2. The van der Waals surface area contributed by atoms with Gasteiger partial charge in [0.05, 0.1) is 16.2 Å². The summed E-state index contributed by atoms with van der Waals surface area (Å²) >= 11 is 0. The van der Waals surface area contributed by atoms with E-state index in [1.165, 1.54) is 12.1 Å². The van der Waals surface area contributed by atoms with E-state index in [9.17, 15) is 19.7 Å². The van der Waals surface area contributed by atoms with Crippen LogP contribution in [0.4, 0.5) is 11.4 Å². The largest absolute Gasteiger partial charge is 0.455 e. The molecule has 3 aromatic rings. The fraction of sp³-hybridized carbons (Fsp3) is 0.0909. The first-order chi connectivity index (χ1) is 14.4. The fourth-order valence-corrected chi connectivity index (χ4v) is 2.61. The second-order valence-electron chi connectivity index (χ2n) is 6.29. The van der Waals surface area contributed by atoms with Crippen molar-refractivity contribution < 1.29 is 24.0 Å². The minimum atomic E-state index is -0.831. The molecular formula is C22H18N2O6. The molecule has 1 amide bonds. The van der Waals surface area contributed by atoms with Crippen molar-refractivity contribution in [1.29, 1.82) is 0 Å². The van der Waals surface area contributed by atoms with E-state index in [0.29, 0.717) is 22.7 Å². The lowest BCUT2D eigenvalue weighted by Gasteiger charge is -2.12. The number of carbonyl (C=O) groups is 2. The lowest BCUT2D eigenvalue weighted by molar-refractivity contribution is -0.385. The SMILES string of the molecule is Cc1ccc(C(=O)OCC(=O)Nc2ccccc2Oc2ccccc2)cc1[N+](=O)[O-]. The third-order valence-electron chi connectivity index (χ3n) is 4.11. The van der Waals surface area contributed by atoms with Crippen molar-refractivity contribution in [2.24, 2.45) is 0 Å². The number of nitro benzene ring substituents is 1. The Morgan fingerprint density at radius 3 is 2.43 bits per heavy atom. The Kier molecular flexibility index (Phi) is 6.39. The van der Waals surface area contributed by atoms with Crippen molar-refractivity contribution in [2.75, 3.05) is 11.9 Å². The summed E-state index contributed by atoms with van der Waals surface area (Å²) in [6, 6.07) is 19.9. The average Bonchev–Trinajstić information content (AvgIpc) is 2.74. The molecule has 0 radical (unpaired) electrons. The predicted molar refractivity (Wildman–Crippen MR) is 110 cm³/mol. The van der Waals surface area contributed by atoms with E-state index in [1.54, 1.807) is 43.3 Å². The first-order valence-electron chi connectivity index (χ1n) is 8.98. The van der Waals surface area contributed by atoms with Crippen LogP contribution in [0.25, 0.3) is 0 Å². The zero-order valence-electron chi connectivity index (χ0n) is 16.0. The number of para-hydroxylation sites is 3. The molecule has 3 rings (SSSR count). The predicted octanol–water partition coefficient (Wildman–Crippen LogP) is 4.49. The summed E-state index contributed by atoms with van der Waals surface area (Å²) in [5.41, 5.74) is 0.631. The van der Waals surface area contributed by atoms with E-state index >= 15 is 0 Å². The normalized spacial score (nSPS) is 10.2. The number of hydrogen-bond donors (Lipinski definition) is 1. The van der Waals surface area contributed by atoms with Crippen LogP contribution in [0.2, 0.25) is 0 Å². The summed E-state index contributed by atoms with van der Waals surface area (Å²) < 4.78 is 10.7. The first kappa shape index (κ1) is 20.5. The van der Waals surface area contributed by atoms with Crippen molar-refractivity contribution in [2.45, 2.75) is 6.92 Å². The van der Waals surface area contributed by atoms with Gasteiger partial charge in [0.15, 0.2) is 12.4 Å². The molecule has 0 atom stereocenters. The summed E-state index contributed by atoms with van der Waals surface area (Å²) in [4.78, 5) is 34.8. The van der Waals surface area contributed by atoms with Gasteiger partial charge in [0, 0.05) is 11.6 Å². The number of nitrogens with one attached hydrogen (secondary N) is 1. The maximum Gasteiger partial charge on any atom is 0.338 e. The Morgan fingerprint density at radius 1 is 1.00 bits per heavy atom. The molecule has 0 aliphatic heterocycles. The van der Waals surface area contributed by atoms with Gasteiger partial charge in [-0.1, -0.05) is 36.4 Å². The van der Waals surface area contributed by atoms with Crippen LogP contribution >= 0.6 is 0 Å². The van der Waals surface area contributed by atoms with Gasteiger partial charge in [0.1, 0.15) is 5.75 Å². The highest BCUT2D eigenvalue weighted by molar-refractivity contribution is 5.96. The molecule has 8 heteroatoms. The smallest absolute Gasteiger partial charge is 0.338 e. The number of amides is 1. The molecule has 0 fully saturated rings. The molecule has 0 aliphatic rings. The van der Waals surface area contributed by atoms with Crippen molar-refractivity contribution in [1.82, 2.24) is 0 Å². The molecule has 8 nitrogen and oxygen atoms in total. The molecule has 30 heavy (non-hydrogen) atoms. The Bertz CT molecular complexity index is 1080. The third kappa shape index (κ3) is 5.20. The highest BCUT2D eigenvalue weighted by Crippen LogP contribution is 2.29. The topological polar surface area (TPSA) is 108 Å². The highest BCUT2D eigenvalue weighted by Gasteiger charge is 2.17. The standard InChI is InChI=1S/C22H18N2O6/c1-15-11-12-16(13-19(15)24(27)28)22(26)29-14-21(25)23-18-9-5-6-10-20(18)30-17-7-3-2-4-8-17/h2-13H,14H2,1H3,(H,23,25). The number of nitro groups is 1. The van der Waals surface area contributed by atoms with Gasteiger partial charge in [0.25, 0.3) is 11.6 Å². The summed E-state index contributed by atoms with van der Waals surface area (Å²) in [6.45, 7) is 1.01. The van der Waals surface area contributed by atoms with Gasteiger partial charge in [-0.3, -0.25) is 14.9 Å². The summed E-state index contributed by atoms with van der Waals surface area (Å²) in [5, 5.41) is 13.6. The van der Waals surface area contributed by atoms with Gasteiger partial charge in [0.2, 0.25) is 0 Å². The highest BCUT2D eigenvalue weighted by atomic mass is 16.6. The molecule has 0 aliphatic carbocycles. The fourth-order valence-electron chi connectivity index (χ4n) is 2.61. The van der Waals surface area contributed by atoms with E-state index in [2.05, 4.69) is 5.32 Å². The maximum atomic E-state index is 12.2. The van der Waals surface area contributed by atoms with Crippen LogP contribution in [-0.4, -0.2) is 23.4 Å². The maximum absolute atomic E-state index is 12.2. The number of aryl methyl sites for hydroxylation is 1. The number of rotatable bonds is 7. The summed E-state index contributed by atoms with van der Waals surface area (Å²) in [7, 11) is 0. The lowest BCUT2D eigenvalue weighted by atomic mass is 10.1. The van der Waals surface area contributed by atoms with Crippen molar-refractivity contribution in [3.8, 4) is 11.5 Å². The number of esters is 1. The van der Waals surface area contributed by atoms with Gasteiger partial charge in [-0.15, -0.1) is 0 Å². The van der Waals surface area contributed by atoms with Gasteiger partial charge in [-0.2, -0.15) is 0 Å². The molecule has 3 aromatic carbocycles. The van der Waals surface area contributed by atoms with Crippen LogP contribution in [0.15, 0.2) is 72.8 Å². The van der Waals surface area contributed by atoms with Crippen molar-refractivity contribution in [3.05, 3.63) is 94.0 Å². The Hall–Kier alpha value is -4.20. The number of anilines is 1. The van der Waals surface area contributed by atoms with Gasteiger partial charge in [-0.05, 0) is 37.3 Å². The molecule has 0 saturated heterocycles. The second-order valence-corrected chi connectivity index (χ2v) is 6.29. The van der Waals surface area contributed by atoms with E-state index in [1.807, 2.05) is 18.2 Å². The molecule has 0 spiro atoms. The van der Waals surface area contributed by atoms with Gasteiger partial charge < -0.3 is 14.8 Å². The minimum absolute atomic E-state index is 0.00656.